The molecular formula is C9H17NO2. The Balaban J connectivity index is 2.20. The highest BCUT2D eigenvalue weighted by Gasteiger charge is 2.31. The summed E-state index contributed by atoms with van der Waals surface area (Å²) in [4.78, 5) is 11.0. The van der Waals surface area contributed by atoms with Crippen LogP contribution in [0.3, 0.4) is 0 Å². The summed E-state index contributed by atoms with van der Waals surface area (Å²) in [5, 5.41) is 2.94. The van der Waals surface area contributed by atoms with Crippen molar-refractivity contribution in [3.05, 3.63) is 0 Å². The largest absolute Gasteiger partial charge is 0.376 e. The maximum atomic E-state index is 11.0. The molecule has 1 saturated carbocycles. The Bertz CT molecular complexity index is 159. The summed E-state index contributed by atoms with van der Waals surface area (Å²) in [5.41, 5.74) is 0. The number of hydrogen-bond acceptors (Lipinski definition) is 2. The first kappa shape index (κ1) is 9.52. The maximum Gasteiger partial charge on any atom is 0.220 e. The standard InChI is InChI=1S/C9H17NO2/c1-3-9(11)10-7-5-6-8(7)12-4-2/h7-8H,3-6H2,1-2H3,(H,10,11). The van der Waals surface area contributed by atoms with Gasteiger partial charge < -0.3 is 10.1 Å². The first-order chi connectivity index (χ1) is 5.77. The molecular weight excluding hydrogens is 154 g/mol. The maximum absolute atomic E-state index is 11.0. The second kappa shape index (κ2) is 4.45. The van der Waals surface area contributed by atoms with E-state index in [0.29, 0.717) is 6.42 Å². The molecule has 0 bridgehead atoms. The number of amides is 1. The Kier molecular flexibility index (Phi) is 3.53. The quantitative estimate of drug-likeness (QED) is 0.687. The number of ether oxygens (including phenoxy) is 1. The molecule has 0 radical (unpaired) electrons. The number of carbonyl (C=O) groups excluding carboxylic acids is 1. The molecule has 1 fully saturated rings. The van der Waals surface area contributed by atoms with Crippen molar-refractivity contribution in [3.63, 3.8) is 0 Å². The summed E-state index contributed by atoms with van der Waals surface area (Å²) >= 11 is 0. The fraction of sp³-hybridized carbons (Fsp3) is 0.889. The number of carbonyl (C=O) groups is 1. The van der Waals surface area contributed by atoms with Crippen LogP contribution in [0.1, 0.15) is 33.1 Å². The zero-order valence-electron chi connectivity index (χ0n) is 7.80. The first-order valence-electron chi connectivity index (χ1n) is 4.68. The number of hydrogen-bond donors (Lipinski definition) is 1. The van der Waals surface area contributed by atoms with Gasteiger partial charge in [0.25, 0.3) is 0 Å². The van der Waals surface area contributed by atoms with Gasteiger partial charge in [-0.3, -0.25) is 4.79 Å². The molecule has 12 heavy (non-hydrogen) atoms. The summed E-state index contributed by atoms with van der Waals surface area (Å²) in [6.07, 6.45) is 2.99. The van der Waals surface area contributed by atoms with Crippen LogP contribution in [0.5, 0.6) is 0 Å². The van der Waals surface area contributed by atoms with Gasteiger partial charge in [0, 0.05) is 13.0 Å². The highest BCUT2D eigenvalue weighted by Crippen LogP contribution is 2.23. The van der Waals surface area contributed by atoms with Crippen LogP contribution in [-0.4, -0.2) is 24.7 Å². The van der Waals surface area contributed by atoms with Crippen LogP contribution in [0.2, 0.25) is 0 Å². The average molecular weight is 171 g/mol. The van der Waals surface area contributed by atoms with E-state index in [4.69, 9.17) is 4.74 Å². The zero-order valence-corrected chi connectivity index (χ0v) is 7.80. The molecule has 0 aromatic carbocycles. The van der Waals surface area contributed by atoms with Crippen molar-refractivity contribution in [2.75, 3.05) is 6.61 Å². The lowest BCUT2D eigenvalue weighted by molar-refractivity contribution is -0.124. The van der Waals surface area contributed by atoms with Gasteiger partial charge in [0.05, 0.1) is 12.1 Å². The van der Waals surface area contributed by atoms with Crippen LogP contribution in [0.25, 0.3) is 0 Å². The lowest BCUT2D eigenvalue weighted by Crippen LogP contribution is -2.51. The zero-order chi connectivity index (χ0) is 8.97. The molecule has 2 atom stereocenters. The minimum absolute atomic E-state index is 0.129. The molecule has 0 spiro atoms. The molecule has 70 valence electrons. The smallest absolute Gasteiger partial charge is 0.220 e. The van der Waals surface area contributed by atoms with Crippen LogP contribution < -0.4 is 5.32 Å². The molecule has 0 saturated heterocycles. The van der Waals surface area contributed by atoms with Gasteiger partial charge in [0.1, 0.15) is 0 Å². The van der Waals surface area contributed by atoms with Crippen LogP contribution in [0.15, 0.2) is 0 Å². The SMILES string of the molecule is CCOC1CCC1NC(=O)CC. The lowest BCUT2D eigenvalue weighted by Gasteiger charge is -2.36. The minimum atomic E-state index is 0.129. The third-order valence-electron chi connectivity index (χ3n) is 2.26. The van der Waals surface area contributed by atoms with Crippen LogP contribution >= 0.6 is 0 Å². The molecule has 0 aromatic rings. The van der Waals surface area contributed by atoms with E-state index in [1.54, 1.807) is 0 Å². The topological polar surface area (TPSA) is 38.3 Å². The minimum Gasteiger partial charge on any atom is -0.376 e. The van der Waals surface area contributed by atoms with E-state index in [-0.39, 0.29) is 18.1 Å². The van der Waals surface area contributed by atoms with Gasteiger partial charge in [-0.05, 0) is 19.8 Å². The van der Waals surface area contributed by atoms with Gasteiger partial charge in [-0.2, -0.15) is 0 Å². The van der Waals surface area contributed by atoms with Crippen molar-refractivity contribution in [1.29, 1.82) is 0 Å². The van der Waals surface area contributed by atoms with Crippen molar-refractivity contribution >= 4 is 5.91 Å². The van der Waals surface area contributed by atoms with E-state index in [1.165, 1.54) is 0 Å². The highest BCUT2D eigenvalue weighted by molar-refractivity contribution is 5.76. The fourth-order valence-electron chi connectivity index (χ4n) is 1.36. The van der Waals surface area contributed by atoms with E-state index in [0.717, 1.165) is 19.4 Å². The summed E-state index contributed by atoms with van der Waals surface area (Å²) in [5.74, 6) is 0.129. The van der Waals surface area contributed by atoms with Crippen molar-refractivity contribution in [2.24, 2.45) is 0 Å². The molecule has 2 unspecified atom stereocenters. The summed E-state index contributed by atoms with van der Waals surface area (Å²) in [7, 11) is 0. The van der Waals surface area contributed by atoms with E-state index >= 15 is 0 Å². The van der Waals surface area contributed by atoms with Crippen LogP contribution in [0.4, 0.5) is 0 Å². The van der Waals surface area contributed by atoms with Gasteiger partial charge in [-0.25, -0.2) is 0 Å². The molecule has 1 amide bonds. The van der Waals surface area contributed by atoms with Crippen molar-refractivity contribution < 1.29 is 9.53 Å². The van der Waals surface area contributed by atoms with Gasteiger partial charge in [0.2, 0.25) is 5.91 Å². The predicted molar refractivity (Wildman–Crippen MR) is 46.9 cm³/mol. The summed E-state index contributed by atoms with van der Waals surface area (Å²) in [6.45, 7) is 4.59. The molecule has 3 heteroatoms. The normalized spacial score (nSPS) is 27.8. The molecule has 0 aromatic heterocycles. The molecule has 3 nitrogen and oxygen atoms in total. The van der Waals surface area contributed by atoms with E-state index < -0.39 is 0 Å². The van der Waals surface area contributed by atoms with E-state index in [9.17, 15) is 4.79 Å². The molecule has 1 N–H and O–H groups in total. The van der Waals surface area contributed by atoms with Gasteiger partial charge in [-0.15, -0.1) is 0 Å². The van der Waals surface area contributed by atoms with Crippen LogP contribution in [0, 0.1) is 0 Å². The van der Waals surface area contributed by atoms with Crippen molar-refractivity contribution in [2.45, 2.75) is 45.3 Å². The Hall–Kier alpha value is -0.570. The van der Waals surface area contributed by atoms with Crippen molar-refractivity contribution in [1.82, 2.24) is 5.32 Å². The summed E-state index contributed by atoms with van der Waals surface area (Å²) in [6, 6.07) is 0.275. The van der Waals surface area contributed by atoms with E-state index in [2.05, 4.69) is 5.32 Å². The monoisotopic (exact) mass is 171 g/mol. The Morgan fingerprint density at radius 3 is 2.67 bits per heavy atom. The fourth-order valence-corrected chi connectivity index (χ4v) is 1.36. The van der Waals surface area contributed by atoms with Crippen LogP contribution in [-0.2, 0) is 9.53 Å². The summed E-state index contributed by atoms with van der Waals surface area (Å²) < 4.78 is 5.42. The van der Waals surface area contributed by atoms with Gasteiger partial charge >= 0.3 is 0 Å². The van der Waals surface area contributed by atoms with Gasteiger partial charge in [-0.1, -0.05) is 6.92 Å². The molecule has 0 aliphatic heterocycles. The predicted octanol–water partition coefficient (Wildman–Crippen LogP) is 1.08. The average Bonchev–Trinajstić information content (AvgIpc) is 2.08. The number of rotatable bonds is 4. The lowest BCUT2D eigenvalue weighted by atomic mass is 9.89. The Morgan fingerprint density at radius 1 is 1.50 bits per heavy atom. The van der Waals surface area contributed by atoms with Gasteiger partial charge in [0.15, 0.2) is 0 Å². The second-order valence-corrected chi connectivity index (χ2v) is 3.10. The van der Waals surface area contributed by atoms with E-state index in [1.807, 2.05) is 13.8 Å². The number of nitrogens with one attached hydrogen (secondary N) is 1. The molecule has 1 aliphatic carbocycles. The molecule has 1 rings (SSSR count). The Morgan fingerprint density at radius 2 is 2.25 bits per heavy atom. The van der Waals surface area contributed by atoms with Crippen molar-refractivity contribution in [3.8, 4) is 0 Å². The highest BCUT2D eigenvalue weighted by atomic mass is 16.5. The third kappa shape index (κ3) is 2.21. The third-order valence-corrected chi connectivity index (χ3v) is 2.26. The first-order valence-corrected chi connectivity index (χ1v) is 4.68. The molecule has 0 heterocycles. The molecule has 1 aliphatic rings. The Labute approximate surface area is 73.5 Å². The second-order valence-electron chi connectivity index (χ2n) is 3.10.